The van der Waals surface area contributed by atoms with Crippen LogP contribution in [0.3, 0.4) is 0 Å². The largest absolute Gasteiger partial charge is 0.507 e. The molecular weight excluding hydrogens is 314 g/mol. The average Bonchev–Trinajstić information content (AvgIpc) is 2.43. The quantitative estimate of drug-likeness (QED) is 0.840. The van der Waals surface area contributed by atoms with Crippen LogP contribution in [-0.4, -0.2) is 5.11 Å². The molecule has 0 unspecified atom stereocenters. The van der Waals surface area contributed by atoms with Crippen molar-refractivity contribution >= 4 is 15.9 Å². The minimum Gasteiger partial charge on any atom is -0.507 e. The molecular formula is C17H20BrNO. The van der Waals surface area contributed by atoms with Crippen molar-refractivity contribution in [3.63, 3.8) is 0 Å². The predicted octanol–water partition coefficient (Wildman–Crippen LogP) is 4.57. The van der Waals surface area contributed by atoms with Crippen molar-refractivity contribution in [2.24, 2.45) is 0 Å². The summed E-state index contributed by atoms with van der Waals surface area (Å²) in [5.74, 6) is 0.851. The number of phenols is 1. The van der Waals surface area contributed by atoms with Crippen LogP contribution >= 0.6 is 15.9 Å². The molecule has 0 heterocycles. The summed E-state index contributed by atoms with van der Waals surface area (Å²) in [5, 5.41) is 12.9. The molecule has 0 fully saturated rings. The lowest BCUT2D eigenvalue weighted by Crippen LogP contribution is -2.12. The zero-order chi connectivity index (χ0) is 14.5. The third kappa shape index (κ3) is 4.09. The van der Waals surface area contributed by atoms with Gasteiger partial charge in [0.1, 0.15) is 5.75 Å². The predicted molar refractivity (Wildman–Crippen MR) is 86.9 cm³/mol. The second-order valence-electron chi connectivity index (χ2n) is 5.29. The number of halogens is 1. The van der Waals surface area contributed by atoms with E-state index in [0.717, 1.165) is 23.1 Å². The average molecular weight is 334 g/mol. The molecule has 3 heteroatoms. The first kappa shape index (κ1) is 15.1. The van der Waals surface area contributed by atoms with Crippen LogP contribution in [0, 0.1) is 0 Å². The van der Waals surface area contributed by atoms with E-state index in [1.54, 1.807) is 6.07 Å². The van der Waals surface area contributed by atoms with Crippen LogP contribution in [0.2, 0.25) is 0 Å². The highest BCUT2D eigenvalue weighted by Gasteiger charge is 2.01. The van der Waals surface area contributed by atoms with Gasteiger partial charge in [-0.3, -0.25) is 0 Å². The van der Waals surface area contributed by atoms with Gasteiger partial charge in [0.15, 0.2) is 0 Å². The van der Waals surface area contributed by atoms with Gasteiger partial charge < -0.3 is 10.4 Å². The molecule has 0 radical (unpaired) electrons. The summed E-state index contributed by atoms with van der Waals surface area (Å²) in [6, 6.07) is 14.3. The minimum absolute atomic E-state index is 0.276. The van der Waals surface area contributed by atoms with Crippen LogP contribution in [0.15, 0.2) is 46.9 Å². The molecule has 0 saturated carbocycles. The summed E-state index contributed by atoms with van der Waals surface area (Å²) >= 11 is 3.33. The highest BCUT2D eigenvalue weighted by molar-refractivity contribution is 9.10. The van der Waals surface area contributed by atoms with Gasteiger partial charge in [0, 0.05) is 13.1 Å². The second kappa shape index (κ2) is 6.91. The van der Waals surface area contributed by atoms with Crippen LogP contribution in [-0.2, 0) is 13.1 Å². The molecule has 2 aromatic carbocycles. The SMILES string of the molecule is CC(C)c1ccc(CNCc2ccc(O)c(Br)c2)cc1. The molecule has 106 valence electrons. The fourth-order valence-corrected chi connectivity index (χ4v) is 2.46. The lowest BCUT2D eigenvalue weighted by atomic mass is 10.0. The van der Waals surface area contributed by atoms with Crippen LogP contribution in [0.25, 0.3) is 0 Å². The topological polar surface area (TPSA) is 32.3 Å². The normalized spacial score (nSPS) is 11.0. The molecule has 0 atom stereocenters. The molecule has 20 heavy (non-hydrogen) atoms. The van der Waals surface area contributed by atoms with Gasteiger partial charge in [-0.2, -0.15) is 0 Å². The van der Waals surface area contributed by atoms with Gasteiger partial charge in [-0.25, -0.2) is 0 Å². The Kier molecular flexibility index (Phi) is 5.21. The summed E-state index contributed by atoms with van der Waals surface area (Å²) in [7, 11) is 0. The van der Waals surface area contributed by atoms with Gasteiger partial charge in [0.05, 0.1) is 4.47 Å². The second-order valence-corrected chi connectivity index (χ2v) is 6.14. The number of phenolic OH excluding ortho intramolecular Hbond substituents is 1. The molecule has 0 aliphatic rings. The van der Waals surface area contributed by atoms with Crippen molar-refractivity contribution in [1.29, 1.82) is 0 Å². The smallest absolute Gasteiger partial charge is 0.129 e. The summed E-state index contributed by atoms with van der Waals surface area (Å²) < 4.78 is 0.734. The zero-order valence-electron chi connectivity index (χ0n) is 11.9. The highest BCUT2D eigenvalue weighted by atomic mass is 79.9. The molecule has 0 bridgehead atoms. The van der Waals surface area contributed by atoms with E-state index < -0.39 is 0 Å². The van der Waals surface area contributed by atoms with Crippen LogP contribution in [0.4, 0.5) is 0 Å². The van der Waals surface area contributed by atoms with E-state index in [4.69, 9.17) is 0 Å². The number of benzene rings is 2. The Balaban J connectivity index is 1.87. The van der Waals surface area contributed by atoms with Crippen molar-refractivity contribution in [2.75, 3.05) is 0 Å². The number of hydrogen-bond acceptors (Lipinski definition) is 2. The molecule has 0 spiro atoms. The Bertz CT molecular complexity index is 564. The highest BCUT2D eigenvalue weighted by Crippen LogP contribution is 2.24. The molecule has 2 nitrogen and oxygen atoms in total. The molecule has 2 N–H and O–H groups in total. The number of rotatable bonds is 5. The van der Waals surface area contributed by atoms with Crippen LogP contribution < -0.4 is 5.32 Å². The van der Waals surface area contributed by atoms with E-state index in [1.165, 1.54) is 11.1 Å². The van der Waals surface area contributed by atoms with Gasteiger partial charge in [-0.05, 0) is 50.7 Å². The van der Waals surface area contributed by atoms with E-state index in [-0.39, 0.29) is 5.75 Å². The molecule has 2 aromatic rings. The first-order valence-corrected chi connectivity index (χ1v) is 7.62. The first-order valence-electron chi connectivity index (χ1n) is 6.83. The van der Waals surface area contributed by atoms with Gasteiger partial charge >= 0.3 is 0 Å². The minimum atomic E-state index is 0.276. The maximum Gasteiger partial charge on any atom is 0.129 e. The Labute approximate surface area is 129 Å². The Morgan fingerprint density at radius 1 is 1.00 bits per heavy atom. The molecule has 0 amide bonds. The Morgan fingerprint density at radius 3 is 2.20 bits per heavy atom. The molecule has 0 aliphatic heterocycles. The zero-order valence-corrected chi connectivity index (χ0v) is 13.4. The first-order chi connectivity index (χ1) is 9.56. The summed E-state index contributed by atoms with van der Waals surface area (Å²) in [5.41, 5.74) is 3.80. The van der Waals surface area contributed by atoms with Crippen LogP contribution in [0.5, 0.6) is 5.75 Å². The van der Waals surface area contributed by atoms with Gasteiger partial charge in [-0.1, -0.05) is 44.2 Å². The van der Waals surface area contributed by atoms with E-state index >= 15 is 0 Å². The number of nitrogens with one attached hydrogen (secondary N) is 1. The summed E-state index contributed by atoms with van der Waals surface area (Å²) in [6.07, 6.45) is 0. The van der Waals surface area contributed by atoms with Crippen molar-refractivity contribution in [3.05, 3.63) is 63.6 Å². The fraction of sp³-hybridized carbons (Fsp3) is 0.294. The maximum atomic E-state index is 9.45. The summed E-state index contributed by atoms with van der Waals surface area (Å²) in [4.78, 5) is 0. The Hall–Kier alpha value is -1.32. The van der Waals surface area contributed by atoms with E-state index in [0.29, 0.717) is 5.92 Å². The summed E-state index contributed by atoms with van der Waals surface area (Å²) in [6.45, 7) is 6.04. The van der Waals surface area contributed by atoms with Crippen molar-refractivity contribution in [3.8, 4) is 5.75 Å². The van der Waals surface area contributed by atoms with Gasteiger partial charge in [0.2, 0.25) is 0 Å². The molecule has 0 aliphatic carbocycles. The van der Waals surface area contributed by atoms with Gasteiger partial charge in [0.25, 0.3) is 0 Å². The maximum absolute atomic E-state index is 9.45. The molecule has 0 aromatic heterocycles. The number of hydrogen-bond donors (Lipinski definition) is 2. The van der Waals surface area contributed by atoms with Crippen LogP contribution in [0.1, 0.15) is 36.5 Å². The van der Waals surface area contributed by atoms with E-state index in [2.05, 4.69) is 59.4 Å². The van der Waals surface area contributed by atoms with Crippen molar-refractivity contribution < 1.29 is 5.11 Å². The number of aromatic hydroxyl groups is 1. The third-order valence-corrected chi connectivity index (χ3v) is 3.95. The monoisotopic (exact) mass is 333 g/mol. The molecule has 0 saturated heterocycles. The van der Waals surface area contributed by atoms with E-state index in [9.17, 15) is 5.11 Å². The third-order valence-electron chi connectivity index (χ3n) is 3.32. The van der Waals surface area contributed by atoms with Crippen molar-refractivity contribution in [1.82, 2.24) is 5.32 Å². The van der Waals surface area contributed by atoms with Gasteiger partial charge in [-0.15, -0.1) is 0 Å². The fourth-order valence-electron chi connectivity index (χ4n) is 2.03. The van der Waals surface area contributed by atoms with E-state index in [1.807, 2.05) is 12.1 Å². The van der Waals surface area contributed by atoms with Crippen molar-refractivity contribution in [2.45, 2.75) is 32.9 Å². The lowest BCUT2D eigenvalue weighted by molar-refractivity contribution is 0.471. The lowest BCUT2D eigenvalue weighted by Gasteiger charge is -2.09. The molecule has 2 rings (SSSR count). The Morgan fingerprint density at radius 2 is 1.60 bits per heavy atom. The standard InChI is InChI=1S/C17H20BrNO/c1-12(2)15-6-3-13(4-7-15)10-19-11-14-5-8-17(20)16(18)9-14/h3-9,12,19-20H,10-11H2,1-2H3.